The molecule has 1 N–H and O–H groups in total. The van der Waals surface area contributed by atoms with Crippen LogP contribution in [0, 0.1) is 0 Å². The number of fused-ring (bicyclic) bond motifs is 1. The first-order valence-corrected chi connectivity index (χ1v) is 5.25. The van der Waals surface area contributed by atoms with Crippen molar-refractivity contribution in [1.82, 2.24) is 0 Å². The molecule has 0 unspecified atom stereocenters. The van der Waals surface area contributed by atoms with Gasteiger partial charge in [-0.25, -0.2) is 4.79 Å². The zero-order chi connectivity index (χ0) is 11.7. The van der Waals surface area contributed by atoms with E-state index < -0.39 is 0 Å². The van der Waals surface area contributed by atoms with Gasteiger partial charge in [0.1, 0.15) is 5.75 Å². The summed E-state index contributed by atoms with van der Waals surface area (Å²) in [4.78, 5) is 11.5. The Labute approximate surface area is 94.4 Å². The minimum Gasteiger partial charge on any atom is -0.508 e. The van der Waals surface area contributed by atoms with Gasteiger partial charge in [-0.2, -0.15) is 0 Å². The number of benzene rings is 1. The van der Waals surface area contributed by atoms with Gasteiger partial charge in [-0.15, -0.1) is 0 Å². The van der Waals surface area contributed by atoms with Crippen LogP contribution in [0.25, 0.3) is 0 Å². The van der Waals surface area contributed by atoms with Crippen molar-refractivity contribution in [3.05, 3.63) is 41.0 Å². The van der Waals surface area contributed by atoms with Crippen LogP contribution in [0.1, 0.15) is 28.4 Å². The molecule has 0 saturated carbocycles. The monoisotopic (exact) mass is 218 g/mol. The average Bonchev–Trinajstić information content (AvgIpc) is 2.22. The van der Waals surface area contributed by atoms with Crippen molar-refractivity contribution in [2.45, 2.75) is 19.8 Å². The van der Waals surface area contributed by atoms with Crippen molar-refractivity contribution >= 4 is 5.97 Å². The molecule has 0 fully saturated rings. The molecule has 0 atom stereocenters. The number of rotatable bonds is 2. The molecule has 1 aliphatic rings. The van der Waals surface area contributed by atoms with Gasteiger partial charge in [0.05, 0.1) is 12.2 Å². The topological polar surface area (TPSA) is 46.5 Å². The first kappa shape index (κ1) is 10.7. The second-order valence-electron chi connectivity index (χ2n) is 4.11. The maximum absolute atomic E-state index is 11.5. The molecule has 0 spiro atoms. The molecule has 0 bridgehead atoms. The maximum atomic E-state index is 11.5. The van der Waals surface area contributed by atoms with Crippen molar-refractivity contribution in [2.75, 3.05) is 6.61 Å². The lowest BCUT2D eigenvalue weighted by Crippen LogP contribution is -2.19. The molecule has 1 heterocycles. The molecular formula is C13H14O3. The third-order valence-electron chi connectivity index (χ3n) is 2.69. The highest BCUT2D eigenvalue weighted by Crippen LogP contribution is 2.29. The van der Waals surface area contributed by atoms with Crippen LogP contribution in [0.2, 0.25) is 0 Å². The summed E-state index contributed by atoms with van der Waals surface area (Å²) in [6.07, 6.45) is 1.26. The standard InChI is InChI=1S/C13H14O3/c1-8(2)7-11-9-5-6-16-13(15)10(9)3-4-12(11)14/h3-4,14H,1,5-7H2,2H3. The highest BCUT2D eigenvalue weighted by atomic mass is 16.5. The summed E-state index contributed by atoms with van der Waals surface area (Å²) in [6, 6.07) is 3.16. The number of aromatic hydroxyl groups is 1. The van der Waals surface area contributed by atoms with E-state index in [2.05, 4.69) is 6.58 Å². The number of cyclic esters (lactones) is 1. The summed E-state index contributed by atoms with van der Waals surface area (Å²) < 4.78 is 4.96. The quantitative estimate of drug-likeness (QED) is 0.611. The fourth-order valence-corrected chi connectivity index (χ4v) is 1.98. The van der Waals surface area contributed by atoms with E-state index in [4.69, 9.17) is 4.74 Å². The van der Waals surface area contributed by atoms with Gasteiger partial charge in [0.15, 0.2) is 0 Å². The predicted molar refractivity (Wildman–Crippen MR) is 60.6 cm³/mol. The molecule has 0 radical (unpaired) electrons. The third kappa shape index (κ3) is 1.81. The number of esters is 1. The smallest absolute Gasteiger partial charge is 0.338 e. The van der Waals surface area contributed by atoms with Crippen molar-refractivity contribution in [3.8, 4) is 5.75 Å². The van der Waals surface area contributed by atoms with Crippen molar-refractivity contribution in [1.29, 1.82) is 0 Å². The average molecular weight is 218 g/mol. The van der Waals surface area contributed by atoms with E-state index in [1.54, 1.807) is 12.1 Å². The Morgan fingerprint density at radius 3 is 3.00 bits per heavy atom. The Balaban J connectivity index is 2.54. The Hall–Kier alpha value is -1.77. The van der Waals surface area contributed by atoms with Gasteiger partial charge in [-0.1, -0.05) is 12.2 Å². The summed E-state index contributed by atoms with van der Waals surface area (Å²) in [7, 11) is 0. The number of carbonyl (C=O) groups excluding carboxylic acids is 1. The Morgan fingerprint density at radius 2 is 2.31 bits per heavy atom. The highest BCUT2D eigenvalue weighted by Gasteiger charge is 2.22. The number of phenols is 1. The van der Waals surface area contributed by atoms with E-state index in [9.17, 15) is 9.90 Å². The number of carbonyl (C=O) groups is 1. The van der Waals surface area contributed by atoms with Crippen LogP contribution in [0.4, 0.5) is 0 Å². The number of ether oxygens (including phenoxy) is 1. The molecule has 0 amide bonds. The first-order valence-electron chi connectivity index (χ1n) is 5.25. The molecule has 1 aromatic carbocycles. The van der Waals surface area contributed by atoms with Crippen LogP contribution in [0.3, 0.4) is 0 Å². The molecule has 84 valence electrons. The number of phenolic OH excluding ortho intramolecular Hbond substituents is 1. The summed E-state index contributed by atoms with van der Waals surface area (Å²) in [5.74, 6) is -0.0688. The van der Waals surface area contributed by atoms with Gasteiger partial charge in [0.2, 0.25) is 0 Å². The number of hydrogen-bond acceptors (Lipinski definition) is 3. The number of hydrogen-bond donors (Lipinski definition) is 1. The fourth-order valence-electron chi connectivity index (χ4n) is 1.98. The predicted octanol–water partition coefficient (Wildman–Crippen LogP) is 2.22. The largest absolute Gasteiger partial charge is 0.508 e. The molecule has 0 aliphatic carbocycles. The minimum absolute atomic E-state index is 0.233. The first-order chi connectivity index (χ1) is 7.59. The molecule has 16 heavy (non-hydrogen) atoms. The van der Waals surface area contributed by atoms with Crippen LogP contribution in [0.15, 0.2) is 24.3 Å². The normalized spacial score (nSPS) is 14.2. The van der Waals surface area contributed by atoms with Gasteiger partial charge < -0.3 is 9.84 Å². The SMILES string of the molecule is C=C(C)Cc1c(O)ccc2c1CCOC2=O. The van der Waals surface area contributed by atoms with E-state index in [0.717, 1.165) is 16.7 Å². The van der Waals surface area contributed by atoms with E-state index in [1.807, 2.05) is 6.92 Å². The lowest BCUT2D eigenvalue weighted by Gasteiger charge is -2.20. The van der Waals surface area contributed by atoms with E-state index in [-0.39, 0.29) is 11.7 Å². The highest BCUT2D eigenvalue weighted by molar-refractivity contribution is 5.92. The summed E-state index contributed by atoms with van der Waals surface area (Å²) in [5.41, 5.74) is 3.24. The summed E-state index contributed by atoms with van der Waals surface area (Å²) in [5, 5.41) is 9.81. The molecule has 3 heteroatoms. The fraction of sp³-hybridized carbons (Fsp3) is 0.308. The van der Waals surface area contributed by atoms with Gasteiger partial charge >= 0.3 is 5.97 Å². The maximum Gasteiger partial charge on any atom is 0.338 e. The van der Waals surface area contributed by atoms with E-state index >= 15 is 0 Å². The van der Waals surface area contributed by atoms with Crippen LogP contribution >= 0.6 is 0 Å². The van der Waals surface area contributed by atoms with Crippen molar-refractivity contribution < 1.29 is 14.6 Å². The van der Waals surface area contributed by atoms with Crippen LogP contribution < -0.4 is 0 Å². The van der Waals surface area contributed by atoms with Gasteiger partial charge in [-0.05, 0) is 31.0 Å². The summed E-state index contributed by atoms with van der Waals surface area (Å²) in [6.45, 7) is 6.12. The lowest BCUT2D eigenvalue weighted by molar-refractivity contribution is 0.0479. The van der Waals surface area contributed by atoms with E-state index in [1.165, 1.54) is 0 Å². The van der Waals surface area contributed by atoms with Crippen LogP contribution in [-0.4, -0.2) is 17.7 Å². The minimum atomic E-state index is -0.302. The van der Waals surface area contributed by atoms with Crippen molar-refractivity contribution in [3.63, 3.8) is 0 Å². The lowest BCUT2D eigenvalue weighted by atomic mass is 9.92. The van der Waals surface area contributed by atoms with Gasteiger partial charge in [-0.3, -0.25) is 0 Å². The molecule has 1 aromatic rings. The molecular weight excluding hydrogens is 204 g/mol. The van der Waals surface area contributed by atoms with E-state index in [0.29, 0.717) is 25.0 Å². The second-order valence-corrected chi connectivity index (χ2v) is 4.11. The summed E-state index contributed by atoms with van der Waals surface area (Å²) >= 11 is 0. The Bertz CT molecular complexity index is 460. The van der Waals surface area contributed by atoms with Crippen LogP contribution in [0.5, 0.6) is 5.75 Å². The molecule has 2 rings (SSSR count). The zero-order valence-electron chi connectivity index (χ0n) is 9.25. The molecule has 0 aromatic heterocycles. The van der Waals surface area contributed by atoms with Crippen LogP contribution in [-0.2, 0) is 17.6 Å². The molecule has 3 nitrogen and oxygen atoms in total. The van der Waals surface area contributed by atoms with Gasteiger partial charge in [0, 0.05) is 12.0 Å². The third-order valence-corrected chi connectivity index (χ3v) is 2.69. The van der Waals surface area contributed by atoms with Crippen molar-refractivity contribution in [2.24, 2.45) is 0 Å². The zero-order valence-corrected chi connectivity index (χ0v) is 9.25. The van der Waals surface area contributed by atoms with Gasteiger partial charge in [0.25, 0.3) is 0 Å². The Kier molecular flexibility index (Phi) is 2.69. The Morgan fingerprint density at radius 1 is 1.56 bits per heavy atom. The number of allylic oxidation sites excluding steroid dienone is 1. The molecule has 1 aliphatic heterocycles. The molecule has 0 saturated heterocycles. The second kappa shape index (κ2) is 4.00.